The number of thiocarbonyl (C=S) groups is 1. The van der Waals surface area contributed by atoms with Crippen LogP contribution in [0.25, 0.3) is 0 Å². The smallest absolute Gasteiger partial charge is 0.257 e. The van der Waals surface area contributed by atoms with Crippen molar-refractivity contribution < 1.29 is 9.53 Å². The SMILES string of the molecule is CC(C)Oc1ccc(C(=O)NC(=S)NC(C)c2ccccc2)cc1. The first kappa shape index (κ1) is 17.9. The Bertz CT molecular complexity index is 684. The number of ether oxygens (including phenoxy) is 1. The van der Waals surface area contributed by atoms with Crippen LogP contribution >= 0.6 is 12.2 Å². The van der Waals surface area contributed by atoms with Gasteiger partial charge in [0.1, 0.15) is 5.75 Å². The number of amides is 1. The van der Waals surface area contributed by atoms with E-state index in [2.05, 4.69) is 10.6 Å². The zero-order chi connectivity index (χ0) is 17.5. The van der Waals surface area contributed by atoms with Crippen LogP contribution < -0.4 is 15.4 Å². The van der Waals surface area contributed by atoms with Gasteiger partial charge in [-0.1, -0.05) is 30.3 Å². The van der Waals surface area contributed by atoms with Crippen molar-refractivity contribution in [2.45, 2.75) is 32.9 Å². The first-order chi connectivity index (χ1) is 11.5. The summed E-state index contributed by atoms with van der Waals surface area (Å²) in [7, 11) is 0. The van der Waals surface area contributed by atoms with Crippen LogP contribution in [-0.4, -0.2) is 17.1 Å². The van der Waals surface area contributed by atoms with Gasteiger partial charge in [-0.05, 0) is 62.8 Å². The van der Waals surface area contributed by atoms with Crippen LogP contribution in [0.3, 0.4) is 0 Å². The molecule has 1 amide bonds. The third-order valence-corrected chi connectivity index (χ3v) is 3.58. The number of hydrogen-bond acceptors (Lipinski definition) is 3. The molecule has 0 bridgehead atoms. The molecule has 0 aliphatic rings. The van der Waals surface area contributed by atoms with Crippen LogP contribution in [0.15, 0.2) is 54.6 Å². The summed E-state index contributed by atoms with van der Waals surface area (Å²) in [6.45, 7) is 5.91. The number of rotatable bonds is 5. The zero-order valence-corrected chi connectivity index (χ0v) is 14.9. The molecule has 0 heterocycles. The second-order valence-electron chi connectivity index (χ2n) is 5.75. The summed E-state index contributed by atoms with van der Waals surface area (Å²) >= 11 is 5.22. The van der Waals surface area contributed by atoms with Crippen molar-refractivity contribution in [3.8, 4) is 5.75 Å². The lowest BCUT2D eigenvalue weighted by Crippen LogP contribution is -2.40. The number of benzene rings is 2. The van der Waals surface area contributed by atoms with Gasteiger partial charge < -0.3 is 10.1 Å². The molecule has 0 saturated carbocycles. The van der Waals surface area contributed by atoms with E-state index in [4.69, 9.17) is 17.0 Å². The first-order valence-corrected chi connectivity index (χ1v) is 8.30. The van der Waals surface area contributed by atoms with Gasteiger partial charge in [0, 0.05) is 5.56 Å². The average Bonchev–Trinajstić information content (AvgIpc) is 2.55. The fourth-order valence-electron chi connectivity index (χ4n) is 2.19. The summed E-state index contributed by atoms with van der Waals surface area (Å²) in [5, 5.41) is 6.11. The summed E-state index contributed by atoms with van der Waals surface area (Å²) in [5.41, 5.74) is 1.63. The highest BCUT2D eigenvalue weighted by atomic mass is 32.1. The third-order valence-electron chi connectivity index (χ3n) is 3.36. The van der Waals surface area contributed by atoms with Gasteiger partial charge in [-0.2, -0.15) is 0 Å². The van der Waals surface area contributed by atoms with Crippen LogP contribution in [0.4, 0.5) is 0 Å². The summed E-state index contributed by atoms with van der Waals surface area (Å²) in [5.74, 6) is 0.490. The van der Waals surface area contributed by atoms with E-state index < -0.39 is 0 Å². The minimum absolute atomic E-state index is 0.0146. The molecule has 0 spiro atoms. The van der Waals surface area contributed by atoms with Gasteiger partial charge in [-0.25, -0.2) is 0 Å². The molecule has 126 valence electrons. The molecule has 0 aliphatic heterocycles. The Morgan fingerprint density at radius 2 is 1.62 bits per heavy atom. The van der Waals surface area contributed by atoms with E-state index in [0.717, 1.165) is 11.3 Å². The summed E-state index contributed by atoms with van der Waals surface area (Å²) in [4.78, 5) is 12.2. The third kappa shape index (κ3) is 5.35. The molecular weight excluding hydrogens is 320 g/mol. The molecule has 0 aromatic heterocycles. The molecule has 2 N–H and O–H groups in total. The Kier molecular flexibility index (Phi) is 6.32. The van der Waals surface area contributed by atoms with Crippen molar-refractivity contribution in [3.63, 3.8) is 0 Å². The normalized spacial score (nSPS) is 11.7. The van der Waals surface area contributed by atoms with Crippen LogP contribution in [-0.2, 0) is 0 Å². The monoisotopic (exact) mass is 342 g/mol. The van der Waals surface area contributed by atoms with Crippen molar-refractivity contribution in [1.29, 1.82) is 0 Å². The van der Waals surface area contributed by atoms with Crippen molar-refractivity contribution >= 4 is 23.2 Å². The summed E-state index contributed by atoms with van der Waals surface area (Å²) in [6, 6.07) is 16.9. The second-order valence-corrected chi connectivity index (χ2v) is 6.16. The largest absolute Gasteiger partial charge is 0.491 e. The molecule has 2 aromatic rings. The average molecular weight is 342 g/mol. The lowest BCUT2D eigenvalue weighted by Gasteiger charge is -2.17. The van der Waals surface area contributed by atoms with E-state index in [1.807, 2.05) is 51.1 Å². The first-order valence-electron chi connectivity index (χ1n) is 7.89. The number of carbonyl (C=O) groups is 1. The second kappa shape index (κ2) is 8.45. The van der Waals surface area contributed by atoms with E-state index in [1.165, 1.54) is 0 Å². The maximum Gasteiger partial charge on any atom is 0.257 e. The minimum Gasteiger partial charge on any atom is -0.491 e. The molecule has 4 nitrogen and oxygen atoms in total. The molecule has 1 unspecified atom stereocenters. The fourth-order valence-corrected chi connectivity index (χ4v) is 2.46. The molecule has 2 rings (SSSR count). The van der Waals surface area contributed by atoms with Gasteiger partial charge in [-0.3, -0.25) is 10.1 Å². The zero-order valence-electron chi connectivity index (χ0n) is 14.1. The number of carbonyl (C=O) groups excluding carboxylic acids is 1. The Morgan fingerprint density at radius 1 is 1.00 bits per heavy atom. The van der Waals surface area contributed by atoms with Gasteiger partial charge in [0.05, 0.1) is 12.1 Å². The van der Waals surface area contributed by atoms with Gasteiger partial charge in [0.25, 0.3) is 5.91 Å². The van der Waals surface area contributed by atoms with E-state index in [0.29, 0.717) is 10.7 Å². The molecule has 1 atom stereocenters. The number of hydrogen-bond donors (Lipinski definition) is 2. The maximum absolute atomic E-state index is 12.2. The van der Waals surface area contributed by atoms with Crippen molar-refractivity contribution in [2.75, 3.05) is 0 Å². The van der Waals surface area contributed by atoms with Gasteiger partial charge in [0.2, 0.25) is 0 Å². The van der Waals surface area contributed by atoms with Crippen molar-refractivity contribution in [3.05, 3.63) is 65.7 Å². The highest BCUT2D eigenvalue weighted by molar-refractivity contribution is 7.80. The Morgan fingerprint density at radius 3 is 2.21 bits per heavy atom. The van der Waals surface area contributed by atoms with Crippen molar-refractivity contribution in [1.82, 2.24) is 10.6 Å². The molecule has 0 fully saturated rings. The number of nitrogens with one attached hydrogen (secondary N) is 2. The molecule has 0 aliphatic carbocycles. The molecular formula is C19H22N2O2S. The molecule has 24 heavy (non-hydrogen) atoms. The maximum atomic E-state index is 12.2. The fraction of sp³-hybridized carbons (Fsp3) is 0.263. The highest BCUT2D eigenvalue weighted by Gasteiger charge is 2.11. The van der Waals surface area contributed by atoms with Crippen LogP contribution in [0.1, 0.15) is 42.7 Å². The predicted molar refractivity (Wildman–Crippen MR) is 100 cm³/mol. The highest BCUT2D eigenvalue weighted by Crippen LogP contribution is 2.14. The summed E-state index contributed by atoms with van der Waals surface area (Å²) in [6.07, 6.45) is 0.0981. The van der Waals surface area contributed by atoms with E-state index >= 15 is 0 Å². The van der Waals surface area contributed by atoms with Crippen LogP contribution in [0.5, 0.6) is 5.75 Å². The van der Waals surface area contributed by atoms with Crippen LogP contribution in [0, 0.1) is 0 Å². The Balaban J connectivity index is 1.90. The predicted octanol–water partition coefficient (Wildman–Crippen LogP) is 3.84. The van der Waals surface area contributed by atoms with Crippen molar-refractivity contribution in [2.24, 2.45) is 0 Å². The van der Waals surface area contributed by atoms with Gasteiger partial charge in [0.15, 0.2) is 5.11 Å². The lowest BCUT2D eigenvalue weighted by molar-refractivity contribution is 0.0976. The van der Waals surface area contributed by atoms with E-state index in [9.17, 15) is 4.79 Å². The Labute approximate surface area is 148 Å². The minimum atomic E-state index is -0.246. The van der Waals surface area contributed by atoms with Crippen LogP contribution in [0.2, 0.25) is 0 Å². The molecule has 0 saturated heterocycles. The van der Waals surface area contributed by atoms with Gasteiger partial charge in [-0.15, -0.1) is 0 Å². The van der Waals surface area contributed by atoms with Gasteiger partial charge >= 0.3 is 0 Å². The lowest BCUT2D eigenvalue weighted by atomic mass is 10.1. The summed E-state index contributed by atoms with van der Waals surface area (Å²) < 4.78 is 5.56. The standard InChI is InChI=1S/C19H22N2O2S/c1-13(2)23-17-11-9-16(10-12-17)18(22)21-19(24)20-14(3)15-7-5-4-6-8-15/h4-14H,1-3H3,(H2,20,21,22,24). The molecule has 5 heteroatoms. The topological polar surface area (TPSA) is 50.4 Å². The molecule has 0 radical (unpaired) electrons. The van der Waals surface area contributed by atoms with E-state index in [1.54, 1.807) is 24.3 Å². The van der Waals surface area contributed by atoms with E-state index in [-0.39, 0.29) is 18.1 Å². The molecule has 2 aromatic carbocycles. The Hall–Kier alpha value is -2.40. The quantitative estimate of drug-likeness (QED) is 0.811.